The van der Waals surface area contributed by atoms with Crippen molar-refractivity contribution >= 4 is 40.2 Å². The number of nitrogens with zero attached hydrogens (tertiary/aromatic N) is 3. The number of aryl methyl sites for hydroxylation is 1. The first-order valence-electron chi connectivity index (χ1n) is 15.2. The minimum Gasteiger partial charge on any atom is -0.466 e. The van der Waals surface area contributed by atoms with E-state index in [4.69, 9.17) is 9.15 Å². The van der Waals surface area contributed by atoms with Gasteiger partial charge in [-0.2, -0.15) is 0 Å². The van der Waals surface area contributed by atoms with E-state index in [1.807, 2.05) is 12.1 Å². The lowest BCUT2D eigenvalue weighted by atomic mass is 9.34. The molecule has 2 aliphatic carbocycles. The van der Waals surface area contributed by atoms with Gasteiger partial charge in [-0.25, -0.2) is 9.97 Å². The molecule has 5 nitrogen and oxygen atoms in total. The minimum absolute atomic E-state index is 0.0636. The second kappa shape index (κ2) is 8.83. The van der Waals surface area contributed by atoms with Crippen molar-refractivity contribution in [3.05, 3.63) is 144 Å². The Balaban J connectivity index is 1.19. The number of hydrogen-bond acceptors (Lipinski definition) is 5. The summed E-state index contributed by atoms with van der Waals surface area (Å²) in [6.07, 6.45) is 8.42. The highest BCUT2D eigenvalue weighted by Gasteiger charge is 2.55. The Morgan fingerprint density at radius 1 is 0.841 bits per heavy atom. The SMILES string of the molecule is Cc1ccc(C2C3C=C4B5c6oc7ccc(-c8ccncn8)cc7c6Oc6cccc(c65)N(c5ccccc5)C4=CC32)cc1. The molecule has 0 N–H and O–H groups in total. The van der Waals surface area contributed by atoms with Gasteiger partial charge in [-0.05, 0) is 84.2 Å². The summed E-state index contributed by atoms with van der Waals surface area (Å²) in [6.45, 7) is 2.09. The van der Waals surface area contributed by atoms with E-state index in [2.05, 4.69) is 119 Å². The number of hydrogen-bond donors (Lipinski definition) is 0. The van der Waals surface area contributed by atoms with Gasteiger partial charge in [0.25, 0.3) is 0 Å². The molecule has 0 saturated heterocycles. The Bertz CT molecular complexity index is 2190. The molecular weight excluding hydrogens is 541 g/mol. The Kier molecular flexibility index (Phi) is 4.84. The monoisotopic (exact) mass is 567 g/mol. The maximum atomic E-state index is 6.77. The molecule has 4 aromatic carbocycles. The van der Waals surface area contributed by atoms with Crippen molar-refractivity contribution in [2.75, 3.05) is 4.90 Å². The normalized spacial score (nSPS) is 20.5. The van der Waals surface area contributed by atoms with E-state index >= 15 is 0 Å². The zero-order valence-electron chi connectivity index (χ0n) is 24.0. The molecule has 4 heterocycles. The number of benzene rings is 4. The topological polar surface area (TPSA) is 51.4 Å². The van der Waals surface area contributed by atoms with E-state index in [9.17, 15) is 0 Å². The van der Waals surface area contributed by atoms with Gasteiger partial charge < -0.3 is 14.1 Å². The largest absolute Gasteiger partial charge is 0.466 e. The van der Waals surface area contributed by atoms with Crippen LogP contribution in [-0.2, 0) is 0 Å². The maximum absolute atomic E-state index is 6.77. The molecule has 3 atom stereocenters. The summed E-state index contributed by atoms with van der Waals surface area (Å²) in [7, 11) is 0. The van der Waals surface area contributed by atoms with E-state index in [-0.39, 0.29) is 6.71 Å². The van der Waals surface area contributed by atoms with Gasteiger partial charge in [0.1, 0.15) is 23.3 Å². The molecule has 4 aliphatic rings. The lowest BCUT2D eigenvalue weighted by Gasteiger charge is -2.41. The van der Waals surface area contributed by atoms with Gasteiger partial charge in [-0.1, -0.05) is 66.2 Å². The van der Waals surface area contributed by atoms with Gasteiger partial charge in [0.05, 0.1) is 11.1 Å². The van der Waals surface area contributed by atoms with Crippen LogP contribution >= 0.6 is 0 Å². The first-order chi connectivity index (χ1) is 21.7. The predicted molar refractivity (Wildman–Crippen MR) is 174 cm³/mol. The molecule has 208 valence electrons. The fourth-order valence-corrected chi connectivity index (χ4v) is 7.68. The van der Waals surface area contributed by atoms with Crippen LogP contribution in [-0.4, -0.2) is 16.7 Å². The first-order valence-corrected chi connectivity index (χ1v) is 15.2. The molecule has 10 rings (SSSR count). The van der Waals surface area contributed by atoms with Gasteiger partial charge >= 0.3 is 6.71 Å². The minimum atomic E-state index is -0.0636. The fraction of sp³-hybridized carbons (Fsp3) is 0.105. The van der Waals surface area contributed by atoms with Crippen molar-refractivity contribution in [1.29, 1.82) is 0 Å². The van der Waals surface area contributed by atoms with Crippen LogP contribution in [0.25, 0.3) is 22.2 Å². The van der Waals surface area contributed by atoms with Crippen molar-refractivity contribution in [2.24, 2.45) is 11.8 Å². The third-order valence-corrected chi connectivity index (χ3v) is 9.77. The Labute approximate surface area is 255 Å². The second-order valence-electron chi connectivity index (χ2n) is 12.3. The van der Waals surface area contributed by atoms with Crippen molar-refractivity contribution in [3.63, 3.8) is 0 Å². The lowest BCUT2D eigenvalue weighted by molar-refractivity contribution is 0.482. The second-order valence-corrected chi connectivity index (χ2v) is 12.3. The third kappa shape index (κ3) is 3.36. The first kappa shape index (κ1) is 24.1. The van der Waals surface area contributed by atoms with Crippen LogP contribution in [0, 0.1) is 18.8 Å². The third-order valence-electron chi connectivity index (χ3n) is 9.77. The number of allylic oxidation sites excluding steroid dienone is 3. The lowest BCUT2D eigenvalue weighted by Crippen LogP contribution is -2.54. The van der Waals surface area contributed by atoms with Crippen LogP contribution in [0.1, 0.15) is 17.0 Å². The molecule has 1 fully saturated rings. The highest BCUT2D eigenvalue weighted by Crippen LogP contribution is 2.60. The Morgan fingerprint density at radius 2 is 1.70 bits per heavy atom. The van der Waals surface area contributed by atoms with Crippen LogP contribution in [0.4, 0.5) is 11.4 Å². The highest BCUT2D eigenvalue weighted by molar-refractivity contribution is 6.94. The Hall–Kier alpha value is -5.36. The zero-order valence-corrected chi connectivity index (χ0v) is 24.0. The molecule has 0 spiro atoms. The van der Waals surface area contributed by atoms with E-state index in [1.54, 1.807) is 12.5 Å². The smallest absolute Gasteiger partial charge is 0.301 e. The average molecular weight is 567 g/mol. The summed E-state index contributed by atoms with van der Waals surface area (Å²) in [5.74, 6) is 3.09. The number of para-hydroxylation sites is 1. The zero-order chi connectivity index (χ0) is 28.9. The van der Waals surface area contributed by atoms with Crippen LogP contribution in [0.5, 0.6) is 11.5 Å². The molecule has 0 radical (unpaired) electrons. The predicted octanol–water partition coefficient (Wildman–Crippen LogP) is 7.46. The molecule has 3 unspecified atom stereocenters. The van der Waals surface area contributed by atoms with Crippen molar-refractivity contribution in [2.45, 2.75) is 12.8 Å². The van der Waals surface area contributed by atoms with Gasteiger partial charge in [-0.3, -0.25) is 0 Å². The Morgan fingerprint density at radius 3 is 2.55 bits per heavy atom. The highest BCUT2D eigenvalue weighted by atomic mass is 16.5. The van der Waals surface area contributed by atoms with E-state index in [0.29, 0.717) is 17.8 Å². The van der Waals surface area contributed by atoms with Crippen LogP contribution in [0.3, 0.4) is 0 Å². The number of rotatable bonds is 3. The summed E-state index contributed by atoms with van der Waals surface area (Å²) in [4.78, 5) is 11.0. The molecule has 0 bridgehead atoms. The molecule has 6 heteroatoms. The molecule has 2 aromatic heterocycles. The van der Waals surface area contributed by atoms with Crippen molar-refractivity contribution in [1.82, 2.24) is 9.97 Å². The number of aromatic nitrogens is 2. The van der Waals surface area contributed by atoms with E-state index < -0.39 is 0 Å². The van der Waals surface area contributed by atoms with Crippen molar-refractivity contribution in [3.8, 4) is 22.8 Å². The summed E-state index contributed by atoms with van der Waals surface area (Å²) < 4.78 is 13.5. The molecule has 0 amide bonds. The molecule has 2 aliphatic heterocycles. The number of fused-ring (bicyclic) bond motifs is 7. The average Bonchev–Trinajstić information content (AvgIpc) is 3.66. The number of ether oxygens (including phenoxy) is 1. The quantitative estimate of drug-likeness (QED) is 0.208. The summed E-state index contributed by atoms with van der Waals surface area (Å²) in [5, 5.41) is 0.960. The molecule has 44 heavy (non-hydrogen) atoms. The van der Waals surface area contributed by atoms with Crippen molar-refractivity contribution < 1.29 is 9.15 Å². The summed E-state index contributed by atoms with van der Waals surface area (Å²) >= 11 is 0. The van der Waals surface area contributed by atoms with Gasteiger partial charge in [0.2, 0.25) is 0 Å². The van der Waals surface area contributed by atoms with Gasteiger partial charge in [-0.15, -0.1) is 0 Å². The van der Waals surface area contributed by atoms with Gasteiger partial charge in [0.15, 0.2) is 5.75 Å². The molecule has 1 saturated carbocycles. The van der Waals surface area contributed by atoms with E-state index in [0.717, 1.165) is 56.2 Å². The van der Waals surface area contributed by atoms with E-state index in [1.165, 1.54) is 22.3 Å². The number of anilines is 2. The molecule has 6 aromatic rings. The summed E-state index contributed by atoms with van der Waals surface area (Å²) in [5.41, 5.74) is 12.3. The fourth-order valence-electron chi connectivity index (χ4n) is 7.68. The van der Waals surface area contributed by atoms with Crippen LogP contribution in [0.15, 0.2) is 137 Å². The van der Waals surface area contributed by atoms with Crippen LogP contribution in [0.2, 0.25) is 0 Å². The van der Waals surface area contributed by atoms with Gasteiger partial charge in [0, 0.05) is 34.3 Å². The van der Waals surface area contributed by atoms with Crippen LogP contribution < -0.4 is 20.8 Å². The standard InChI is InChI=1S/C38H26BN3O2/c1-22-10-12-23(13-11-22)35-26-19-29-32(20-27(26)35)42(25-6-3-2-4-7-25)31-8-5-9-34-36(31)39(29)38-37(43-34)28-18-24(14-15-33(28)44-38)30-16-17-40-21-41-30/h2-21,26-27,35H,1H3. The molecular formula is C38H26BN3O2. The summed E-state index contributed by atoms with van der Waals surface area (Å²) in [6, 6.07) is 34.3. The maximum Gasteiger partial charge on any atom is 0.301 e. The number of furan rings is 1.